The van der Waals surface area contributed by atoms with E-state index in [1.54, 1.807) is 0 Å². The number of nitrogens with zero attached hydrogens (tertiary/aromatic N) is 1. The lowest BCUT2D eigenvalue weighted by Crippen LogP contribution is -2.34. The van der Waals surface area contributed by atoms with Crippen molar-refractivity contribution in [2.24, 2.45) is 5.92 Å². The number of aromatic hydroxyl groups is 1. The number of carbonyl (C=O) groups excluding carboxylic acids is 2. The van der Waals surface area contributed by atoms with Crippen LogP contribution in [0.4, 0.5) is 22.0 Å². The Bertz CT molecular complexity index is 1380. The first kappa shape index (κ1) is 27.4. The second-order valence-corrected chi connectivity index (χ2v) is 8.33. The molecule has 2 atom stereocenters. The molecule has 1 aromatic heterocycles. The molecule has 1 amide bonds. The van der Waals surface area contributed by atoms with Crippen LogP contribution in [0.25, 0.3) is 10.9 Å². The van der Waals surface area contributed by atoms with Crippen molar-refractivity contribution in [3.8, 4) is 11.5 Å². The molecule has 8 nitrogen and oxygen atoms in total. The van der Waals surface area contributed by atoms with Crippen LogP contribution in [0.2, 0.25) is 0 Å². The van der Waals surface area contributed by atoms with Gasteiger partial charge in [-0.05, 0) is 43.7 Å². The first-order valence-electron chi connectivity index (χ1n) is 10.8. The Kier molecular flexibility index (Phi) is 7.46. The summed E-state index contributed by atoms with van der Waals surface area (Å²) in [5.74, 6) is -9.62. The number of phenolic OH excluding ortho intramolecular Hbond substituents is 1. The van der Waals surface area contributed by atoms with Crippen molar-refractivity contribution in [1.82, 2.24) is 9.88 Å². The van der Waals surface area contributed by atoms with E-state index in [4.69, 9.17) is 5.11 Å². The quantitative estimate of drug-likeness (QED) is 0.390. The van der Waals surface area contributed by atoms with Gasteiger partial charge in [-0.2, -0.15) is 0 Å². The van der Waals surface area contributed by atoms with Crippen LogP contribution in [0.5, 0.6) is 11.5 Å². The number of fused-ring (bicyclic) bond motifs is 1. The Labute approximate surface area is 206 Å². The zero-order valence-corrected chi connectivity index (χ0v) is 19.6. The van der Waals surface area contributed by atoms with Crippen LogP contribution in [-0.2, 0) is 9.59 Å². The van der Waals surface area contributed by atoms with Crippen molar-refractivity contribution >= 4 is 28.7 Å². The summed E-state index contributed by atoms with van der Waals surface area (Å²) < 4.78 is 71.3. The monoisotopic (exact) mass is 528 g/mol. The predicted molar refractivity (Wildman–Crippen MR) is 119 cm³/mol. The van der Waals surface area contributed by atoms with E-state index in [1.165, 1.54) is 20.8 Å². The van der Waals surface area contributed by atoms with Gasteiger partial charge in [-0.25, -0.2) is 8.78 Å². The maximum atomic E-state index is 15.1. The first-order chi connectivity index (χ1) is 17.1. The Morgan fingerprint density at radius 3 is 2.24 bits per heavy atom. The third-order valence-corrected chi connectivity index (χ3v) is 5.78. The maximum Gasteiger partial charge on any atom is 0.573 e. The van der Waals surface area contributed by atoms with Gasteiger partial charge in [0, 0.05) is 29.3 Å². The SMILES string of the molecule is Cc1c([C@H](C)C(=O)NCC(C)C(=O)O)c2c(F)c(O)c(F)cc2n1C(=O)c1ccc(OC(F)(F)F)cc1. The van der Waals surface area contributed by atoms with E-state index >= 15 is 4.39 Å². The van der Waals surface area contributed by atoms with Gasteiger partial charge in [0.1, 0.15) is 5.75 Å². The Morgan fingerprint density at radius 1 is 1.11 bits per heavy atom. The summed E-state index contributed by atoms with van der Waals surface area (Å²) in [6.45, 7) is 3.80. The van der Waals surface area contributed by atoms with Crippen LogP contribution in [0.3, 0.4) is 0 Å². The smallest absolute Gasteiger partial charge is 0.503 e. The Balaban J connectivity index is 2.11. The summed E-state index contributed by atoms with van der Waals surface area (Å²) in [5.41, 5.74) is -0.580. The number of phenols is 1. The highest BCUT2D eigenvalue weighted by molar-refractivity contribution is 6.06. The molecule has 1 heterocycles. The number of benzene rings is 2. The molecule has 198 valence electrons. The number of hydrogen-bond donors (Lipinski definition) is 3. The summed E-state index contributed by atoms with van der Waals surface area (Å²) in [7, 11) is 0. The number of halogens is 5. The molecule has 0 fully saturated rings. The highest BCUT2D eigenvalue weighted by Gasteiger charge is 2.32. The molecular formula is C24H21F5N2O6. The number of ether oxygens (including phenoxy) is 1. The summed E-state index contributed by atoms with van der Waals surface area (Å²) in [6.07, 6.45) is -4.95. The van der Waals surface area contributed by atoms with E-state index in [0.29, 0.717) is 6.07 Å². The molecule has 0 saturated carbocycles. The number of carbonyl (C=O) groups is 3. The first-order valence-corrected chi connectivity index (χ1v) is 10.8. The third kappa shape index (κ3) is 5.49. The fraction of sp³-hybridized carbons (Fsp3) is 0.292. The summed E-state index contributed by atoms with van der Waals surface area (Å²) in [4.78, 5) is 37.1. The third-order valence-electron chi connectivity index (χ3n) is 5.78. The molecule has 3 rings (SSSR count). The van der Waals surface area contributed by atoms with Crippen molar-refractivity contribution in [1.29, 1.82) is 0 Å². The van der Waals surface area contributed by atoms with Crippen LogP contribution in [0.15, 0.2) is 30.3 Å². The average molecular weight is 528 g/mol. The molecule has 0 saturated heterocycles. The van der Waals surface area contributed by atoms with E-state index in [9.17, 15) is 37.1 Å². The van der Waals surface area contributed by atoms with Crippen molar-refractivity contribution in [3.63, 3.8) is 0 Å². The lowest BCUT2D eigenvalue weighted by Gasteiger charge is -2.15. The normalized spacial score (nSPS) is 13.3. The molecule has 0 aliphatic rings. The molecule has 37 heavy (non-hydrogen) atoms. The van der Waals surface area contributed by atoms with Crippen LogP contribution in [0, 0.1) is 24.5 Å². The van der Waals surface area contributed by atoms with Crippen LogP contribution < -0.4 is 10.1 Å². The van der Waals surface area contributed by atoms with E-state index < -0.39 is 64.5 Å². The van der Waals surface area contributed by atoms with E-state index in [2.05, 4.69) is 10.1 Å². The van der Waals surface area contributed by atoms with Crippen molar-refractivity contribution in [2.75, 3.05) is 6.54 Å². The van der Waals surface area contributed by atoms with Gasteiger partial charge in [0.2, 0.25) is 5.91 Å². The number of carboxylic acid groups (broad SMARTS) is 1. The Hall–Kier alpha value is -4.16. The van der Waals surface area contributed by atoms with Crippen LogP contribution in [0.1, 0.15) is 41.4 Å². The number of hydrogen-bond acceptors (Lipinski definition) is 5. The fourth-order valence-corrected chi connectivity index (χ4v) is 3.86. The van der Waals surface area contributed by atoms with E-state index in [-0.39, 0.29) is 28.9 Å². The molecule has 3 N–H and O–H groups in total. The van der Waals surface area contributed by atoms with Crippen molar-refractivity contribution in [2.45, 2.75) is 33.1 Å². The Morgan fingerprint density at radius 2 is 1.70 bits per heavy atom. The molecule has 0 aliphatic carbocycles. The standard InChI is InChI=1S/C24H21F5N2O6/c1-10(23(35)36)9-30-21(33)11(2)17-12(3)31(16-8-15(25)20(32)19(26)18(16)17)22(34)13-4-6-14(7-5-13)37-24(27,28)29/h4-8,10-11,32H,9H2,1-3H3,(H,30,33)(H,35,36)/t10?,11-/m0/s1. The number of aliphatic carboxylic acids is 1. The zero-order chi connectivity index (χ0) is 27.8. The summed E-state index contributed by atoms with van der Waals surface area (Å²) in [6, 6.07) is 4.50. The van der Waals surface area contributed by atoms with Gasteiger partial charge in [-0.3, -0.25) is 19.0 Å². The highest BCUT2D eigenvalue weighted by atomic mass is 19.4. The van der Waals surface area contributed by atoms with Gasteiger partial charge in [-0.1, -0.05) is 6.92 Å². The number of nitrogens with one attached hydrogen (secondary N) is 1. The van der Waals surface area contributed by atoms with Crippen molar-refractivity contribution < 1.29 is 51.3 Å². The highest BCUT2D eigenvalue weighted by Crippen LogP contribution is 2.38. The minimum atomic E-state index is -4.95. The molecule has 1 unspecified atom stereocenters. The molecule has 0 radical (unpaired) electrons. The van der Waals surface area contributed by atoms with Crippen LogP contribution in [-0.4, -0.2) is 45.5 Å². The van der Waals surface area contributed by atoms with E-state index in [1.807, 2.05) is 0 Å². The van der Waals surface area contributed by atoms with Gasteiger partial charge in [-0.15, -0.1) is 13.2 Å². The molecule has 0 bridgehead atoms. The fourth-order valence-electron chi connectivity index (χ4n) is 3.86. The minimum absolute atomic E-state index is 0.00606. The molecular weight excluding hydrogens is 507 g/mol. The molecule has 0 spiro atoms. The number of carboxylic acids is 1. The number of alkyl halides is 3. The molecule has 3 aromatic rings. The topological polar surface area (TPSA) is 118 Å². The number of amides is 1. The van der Waals surface area contributed by atoms with Gasteiger partial charge in [0.25, 0.3) is 5.91 Å². The minimum Gasteiger partial charge on any atom is -0.503 e. The largest absolute Gasteiger partial charge is 0.573 e. The molecule has 2 aromatic carbocycles. The predicted octanol–water partition coefficient (Wildman–Crippen LogP) is 4.46. The summed E-state index contributed by atoms with van der Waals surface area (Å²) >= 11 is 0. The van der Waals surface area contributed by atoms with Crippen molar-refractivity contribution in [3.05, 3.63) is 58.8 Å². The van der Waals surface area contributed by atoms with Gasteiger partial charge < -0.3 is 20.3 Å². The van der Waals surface area contributed by atoms with Gasteiger partial charge >= 0.3 is 12.3 Å². The maximum absolute atomic E-state index is 15.1. The zero-order valence-electron chi connectivity index (χ0n) is 19.6. The van der Waals surface area contributed by atoms with E-state index in [0.717, 1.165) is 28.8 Å². The van der Waals surface area contributed by atoms with Crippen LogP contribution >= 0.6 is 0 Å². The number of rotatable bonds is 7. The second kappa shape index (κ2) is 10.1. The number of aromatic nitrogens is 1. The van der Waals surface area contributed by atoms with Gasteiger partial charge in [0.15, 0.2) is 17.4 Å². The molecule has 0 aliphatic heterocycles. The van der Waals surface area contributed by atoms with Gasteiger partial charge in [0.05, 0.1) is 17.4 Å². The lowest BCUT2D eigenvalue weighted by atomic mass is 9.96. The molecule has 13 heteroatoms. The average Bonchev–Trinajstić information content (AvgIpc) is 3.10. The second-order valence-electron chi connectivity index (χ2n) is 8.33. The lowest BCUT2D eigenvalue weighted by molar-refractivity contribution is -0.274. The summed E-state index contributed by atoms with van der Waals surface area (Å²) in [5, 5.41) is 20.9.